The molecule has 0 amide bonds. The topological polar surface area (TPSA) is 82.1 Å². The van der Waals surface area contributed by atoms with E-state index in [0.29, 0.717) is 37.8 Å². The zero-order chi connectivity index (χ0) is 41.3. The number of allylic oxidation sites excluding steroid dienone is 4. The summed E-state index contributed by atoms with van der Waals surface area (Å²) in [5, 5.41) is 0. The Morgan fingerprint density at radius 2 is 0.750 bits per heavy atom. The van der Waals surface area contributed by atoms with E-state index < -0.39 is 6.10 Å². The molecule has 0 fully saturated rings. The molecule has 7 heteroatoms. The predicted molar refractivity (Wildman–Crippen MR) is 237 cm³/mol. The van der Waals surface area contributed by atoms with Gasteiger partial charge in [-0.05, 0) is 105 Å². The maximum absolute atomic E-state index is 12.8. The number of ether oxygens (including phenoxy) is 3. The normalized spacial score (nSPS) is 12.4. The minimum atomic E-state index is -0.796. The van der Waals surface area contributed by atoms with Gasteiger partial charge in [-0.15, -0.1) is 0 Å². The van der Waals surface area contributed by atoms with Crippen LogP contribution in [0.4, 0.5) is 0 Å². The molecule has 0 saturated carbocycles. The van der Waals surface area contributed by atoms with Gasteiger partial charge in [-0.2, -0.15) is 0 Å². The maximum Gasteiger partial charge on any atom is 0.306 e. The number of esters is 3. The number of nitrogens with zero attached hydrogens (tertiary/aromatic N) is 1. The van der Waals surface area contributed by atoms with Crippen molar-refractivity contribution in [2.45, 2.75) is 252 Å². The lowest BCUT2D eigenvalue weighted by Crippen LogP contribution is -2.38. The summed E-state index contributed by atoms with van der Waals surface area (Å²) < 4.78 is 16.7. The standard InChI is InChI=1S/C49H91NO6/c1-7-9-11-13-15-17-19-21-23-25-27-29-31-33-35-38-47(51)54-42-46(43-55-48(52)40-37-41-50(44(3)4)45(5)6)56-49(53)39-36-34-32-30-28-26-24-22-20-18-16-14-12-10-8-2/h21-24,44-46H,7-20,25-43H2,1-6H3/b23-21-,24-22-. The summed E-state index contributed by atoms with van der Waals surface area (Å²) >= 11 is 0. The van der Waals surface area contributed by atoms with Crippen molar-refractivity contribution >= 4 is 17.9 Å². The molecule has 56 heavy (non-hydrogen) atoms. The number of unbranched alkanes of at least 4 members (excludes halogenated alkanes) is 22. The molecule has 0 N–H and O–H groups in total. The van der Waals surface area contributed by atoms with E-state index in [1.54, 1.807) is 0 Å². The summed E-state index contributed by atoms with van der Waals surface area (Å²) in [6.07, 6.45) is 41.4. The van der Waals surface area contributed by atoms with Crippen LogP contribution in [0.25, 0.3) is 0 Å². The Labute approximate surface area is 346 Å². The van der Waals surface area contributed by atoms with Gasteiger partial charge in [0, 0.05) is 31.3 Å². The molecule has 0 saturated heterocycles. The van der Waals surface area contributed by atoms with E-state index >= 15 is 0 Å². The van der Waals surface area contributed by atoms with Crippen LogP contribution in [0, 0.1) is 0 Å². The average Bonchev–Trinajstić information content (AvgIpc) is 3.17. The molecule has 0 radical (unpaired) electrons. The van der Waals surface area contributed by atoms with Crippen molar-refractivity contribution in [3.05, 3.63) is 24.3 Å². The van der Waals surface area contributed by atoms with Gasteiger partial charge in [0.1, 0.15) is 13.2 Å². The van der Waals surface area contributed by atoms with E-state index in [0.717, 1.165) is 64.3 Å². The molecular weight excluding hydrogens is 699 g/mol. The summed E-state index contributed by atoms with van der Waals surface area (Å²) in [7, 11) is 0. The van der Waals surface area contributed by atoms with E-state index in [4.69, 9.17) is 14.2 Å². The molecule has 7 nitrogen and oxygen atoms in total. The second kappa shape index (κ2) is 41.0. The first-order valence-electron chi connectivity index (χ1n) is 23.8. The predicted octanol–water partition coefficient (Wildman–Crippen LogP) is 14.0. The zero-order valence-corrected chi connectivity index (χ0v) is 37.8. The molecule has 0 aliphatic carbocycles. The molecule has 0 aliphatic rings. The third kappa shape index (κ3) is 37.4. The fourth-order valence-corrected chi connectivity index (χ4v) is 7.08. The summed E-state index contributed by atoms with van der Waals surface area (Å²) in [5.74, 6) is -0.952. The van der Waals surface area contributed by atoms with E-state index in [9.17, 15) is 14.4 Å². The number of carbonyl (C=O) groups is 3. The van der Waals surface area contributed by atoms with Gasteiger partial charge in [0.25, 0.3) is 0 Å². The van der Waals surface area contributed by atoms with Crippen LogP contribution in [0.15, 0.2) is 24.3 Å². The number of hydrogen-bond acceptors (Lipinski definition) is 7. The highest BCUT2D eigenvalue weighted by atomic mass is 16.6. The Morgan fingerprint density at radius 1 is 0.429 bits per heavy atom. The van der Waals surface area contributed by atoms with E-state index in [1.807, 2.05) is 0 Å². The Hall–Kier alpha value is -2.15. The Kier molecular flexibility index (Phi) is 39.5. The highest BCUT2D eigenvalue weighted by Crippen LogP contribution is 2.14. The maximum atomic E-state index is 12.8. The average molecular weight is 790 g/mol. The molecule has 0 aliphatic heterocycles. The summed E-state index contributed by atoms with van der Waals surface area (Å²) in [6.45, 7) is 13.8. The Morgan fingerprint density at radius 3 is 1.12 bits per heavy atom. The first-order chi connectivity index (χ1) is 27.2. The van der Waals surface area contributed by atoms with Crippen LogP contribution < -0.4 is 0 Å². The monoisotopic (exact) mass is 790 g/mol. The highest BCUT2D eigenvalue weighted by molar-refractivity contribution is 5.71. The Bertz CT molecular complexity index is 952. The smallest absolute Gasteiger partial charge is 0.306 e. The van der Waals surface area contributed by atoms with E-state index in [2.05, 4.69) is 70.7 Å². The van der Waals surface area contributed by atoms with Crippen LogP contribution in [0.3, 0.4) is 0 Å². The van der Waals surface area contributed by atoms with Gasteiger partial charge >= 0.3 is 17.9 Å². The van der Waals surface area contributed by atoms with Crippen LogP contribution in [0.5, 0.6) is 0 Å². The lowest BCUT2D eigenvalue weighted by molar-refractivity contribution is -0.167. The van der Waals surface area contributed by atoms with Crippen LogP contribution in [-0.4, -0.2) is 60.8 Å². The van der Waals surface area contributed by atoms with Gasteiger partial charge in [-0.25, -0.2) is 0 Å². The minimum Gasteiger partial charge on any atom is -0.462 e. The van der Waals surface area contributed by atoms with Gasteiger partial charge in [0.15, 0.2) is 6.10 Å². The first kappa shape index (κ1) is 53.9. The van der Waals surface area contributed by atoms with Gasteiger partial charge < -0.3 is 14.2 Å². The van der Waals surface area contributed by atoms with Crippen molar-refractivity contribution in [2.24, 2.45) is 0 Å². The quantitative estimate of drug-likeness (QED) is 0.0264. The molecule has 0 heterocycles. The molecule has 328 valence electrons. The highest BCUT2D eigenvalue weighted by Gasteiger charge is 2.20. The molecule has 1 atom stereocenters. The van der Waals surface area contributed by atoms with Crippen molar-refractivity contribution in [1.82, 2.24) is 4.90 Å². The minimum absolute atomic E-state index is 0.0935. The molecule has 0 aromatic heterocycles. The van der Waals surface area contributed by atoms with Crippen molar-refractivity contribution in [3.8, 4) is 0 Å². The SMILES string of the molecule is CCCCCCCC/C=C\CCCCCCCC(=O)OCC(COC(=O)CCCN(C(C)C)C(C)C)OC(=O)CCCCCCC/C=C\CCCCCCCC. The lowest BCUT2D eigenvalue weighted by Gasteiger charge is -2.30. The van der Waals surface area contributed by atoms with Gasteiger partial charge in [0.05, 0.1) is 0 Å². The van der Waals surface area contributed by atoms with E-state index in [-0.39, 0.29) is 31.1 Å². The zero-order valence-electron chi connectivity index (χ0n) is 37.8. The van der Waals surface area contributed by atoms with Gasteiger partial charge in [0.2, 0.25) is 0 Å². The van der Waals surface area contributed by atoms with Gasteiger partial charge in [-0.1, -0.05) is 141 Å². The fraction of sp³-hybridized carbons (Fsp3) is 0.857. The summed E-state index contributed by atoms with van der Waals surface area (Å²) in [4.78, 5) is 40.3. The van der Waals surface area contributed by atoms with Crippen LogP contribution >= 0.6 is 0 Å². The molecule has 0 bridgehead atoms. The number of hydrogen-bond donors (Lipinski definition) is 0. The summed E-state index contributed by atoms with van der Waals surface area (Å²) in [6, 6.07) is 0.802. The second-order valence-corrected chi connectivity index (χ2v) is 16.7. The van der Waals surface area contributed by atoms with Crippen LogP contribution in [0.1, 0.15) is 234 Å². The van der Waals surface area contributed by atoms with Crippen molar-refractivity contribution in [2.75, 3.05) is 19.8 Å². The lowest BCUT2D eigenvalue weighted by atomic mass is 10.1. The van der Waals surface area contributed by atoms with Crippen molar-refractivity contribution in [1.29, 1.82) is 0 Å². The van der Waals surface area contributed by atoms with Crippen LogP contribution in [0.2, 0.25) is 0 Å². The molecule has 0 rings (SSSR count). The largest absolute Gasteiger partial charge is 0.462 e. The van der Waals surface area contributed by atoms with Crippen molar-refractivity contribution < 1.29 is 28.6 Å². The van der Waals surface area contributed by atoms with Crippen LogP contribution in [-0.2, 0) is 28.6 Å². The van der Waals surface area contributed by atoms with Crippen molar-refractivity contribution in [3.63, 3.8) is 0 Å². The third-order valence-electron chi connectivity index (χ3n) is 10.6. The molecular formula is C49H91NO6. The second-order valence-electron chi connectivity index (χ2n) is 16.7. The van der Waals surface area contributed by atoms with Gasteiger partial charge in [-0.3, -0.25) is 19.3 Å². The Balaban J connectivity index is 4.43. The number of carbonyl (C=O) groups excluding carboxylic acids is 3. The molecule has 0 aromatic rings. The number of rotatable bonds is 41. The molecule has 1 unspecified atom stereocenters. The third-order valence-corrected chi connectivity index (χ3v) is 10.6. The molecule has 0 spiro atoms. The molecule has 0 aromatic carbocycles. The fourth-order valence-electron chi connectivity index (χ4n) is 7.08. The summed E-state index contributed by atoms with van der Waals surface area (Å²) in [5.41, 5.74) is 0. The van der Waals surface area contributed by atoms with E-state index in [1.165, 1.54) is 109 Å². The first-order valence-corrected chi connectivity index (χ1v) is 23.8.